The molecule has 2 heterocycles. The Balaban J connectivity index is 2.04. The first-order valence-electron chi connectivity index (χ1n) is 15.6. The topological polar surface area (TPSA) is 285 Å². The number of benzene rings is 1. The summed E-state index contributed by atoms with van der Waals surface area (Å²) in [5, 5.41) is 88.1. The third-order valence-electron chi connectivity index (χ3n) is 7.88. The highest BCUT2D eigenvalue weighted by molar-refractivity contribution is 5.73. The summed E-state index contributed by atoms with van der Waals surface area (Å²) in [6, 6.07) is 3.39. The lowest BCUT2D eigenvalue weighted by Crippen LogP contribution is -2.68. The number of rotatable bonds is 17. The first-order chi connectivity index (χ1) is 23.3. The molecule has 0 bridgehead atoms. The average molecular weight is 709 g/mol. The van der Waals surface area contributed by atoms with E-state index in [4.69, 9.17) is 33.2 Å². The molecule has 1 aromatic carbocycles. The van der Waals surface area contributed by atoms with E-state index in [1.54, 1.807) is 12.1 Å². The molecule has 19 nitrogen and oxygen atoms in total. The molecule has 7 unspecified atom stereocenters. The lowest BCUT2D eigenvalue weighted by atomic mass is 9.95. The minimum atomic E-state index is -1.85. The molecule has 14 atom stereocenters. The van der Waals surface area contributed by atoms with E-state index >= 15 is 0 Å². The minimum Gasteiger partial charge on any atom is -0.497 e. The van der Waals surface area contributed by atoms with Crippen LogP contribution in [0.1, 0.15) is 20.8 Å². The normalized spacial score (nSPS) is 32.7. The van der Waals surface area contributed by atoms with Gasteiger partial charge in [-0.2, -0.15) is 0 Å². The van der Waals surface area contributed by atoms with Crippen molar-refractivity contribution in [2.24, 2.45) is 0 Å². The van der Waals surface area contributed by atoms with Gasteiger partial charge in [0.15, 0.2) is 18.7 Å². The van der Waals surface area contributed by atoms with Crippen LogP contribution in [-0.4, -0.2) is 172 Å². The largest absolute Gasteiger partial charge is 0.497 e. The van der Waals surface area contributed by atoms with E-state index < -0.39 is 124 Å². The molecule has 19 heteroatoms. The molecule has 2 amide bonds. The molecule has 2 aliphatic heterocycles. The summed E-state index contributed by atoms with van der Waals surface area (Å²) in [6.07, 6.45) is -18.7. The zero-order valence-corrected chi connectivity index (χ0v) is 27.5. The fourth-order valence-corrected chi connectivity index (χ4v) is 5.30. The zero-order chi connectivity index (χ0) is 36.4. The molecule has 280 valence electrons. The van der Waals surface area contributed by atoms with Gasteiger partial charge >= 0.3 is 0 Å². The smallest absolute Gasteiger partial charge is 0.229 e. The van der Waals surface area contributed by atoms with Crippen LogP contribution < -0.4 is 20.1 Å². The minimum absolute atomic E-state index is 0.183. The van der Waals surface area contributed by atoms with Crippen molar-refractivity contribution in [1.29, 1.82) is 0 Å². The summed E-state index contributed by atoms with van der Waals surface area (Å²) < 4.78 is 40.7. The molecule has 1 aromatic rings. The van der Waals surface area contributed by atoms with Gasteiger partial charge in [-0.3, -0.25) is 9.59 Å². The van der Waals surface area contributed by atoms with Crippen molar-refractivity contribution in [2.75, 3.05) is 33.5 Å². The number of hydrogen-bond donors (Lipinski definition) is 10. The van der Waals surface area contributed by atoms with Crippen LogP contribution in [-0.2, 0) is 33.3 Å². The first-order valence-corrected chi connectivity index (χ1v) is 15.6. The number of methoxy groups -OCH3 is 1. The standard InChI is InChI=1S/C30H48N2O17/c1-13(37)19(10-34)45-28(18(9-33)31-14(2)38)49-27-25(42)26(21(12-36)47-30(27)44-17-7-5-16(43-4)6-8-17)48-29-22(32-15(3)39)24(41)23(40)20(11-35)46-29/h5-8,13,18-30,33-37,40-42H,9-12H2,1-4H3,(H,31,38)(H,32,39)/t13-,18-,19?,20?,21?,22?,23+,24?,25?,26+,27?,28-,29-,30-/m0/s1. The van der Waals surface area contributed by atoms with Gasteiger partial charge in [0.2, 0.25) is 18.1 Å². The van der Waals surface area contributed by atoms with Crippen LogP contribution in [0.3, 0.4) is 0 Å². The molecule has 2 saturated heterocycles. The Labute approximate surface area is 282 Å². The maximum absolute atomic E-state index is 12.0. The highest BCUT2D eigenvalue weighted by Crippen LogP contribution is 2.33. The fourth-order valence-electron chi connectivity index (χ4n) is 5.30. The maximum atomic E-state index is 12.0. The highest BCUT2D eigenvalue weighted by Gasteiger charge is 2.53. The Kier molecular flexibility index (Phi) is 15.8. The van der Waals surface area contributed by atoms with Gasteiger partial charge in [-0.25, -0.2) is 0 Å². The summed E-state index contributed by atoms with van der Waals surface area (Å²) in [7, 11) is 1.46. The molecule has 49 heavy (non-hydrogen) atoms. The van der Waals surface area contributed by atoms with Gasteiger partial charge in [-0.1, -0.05) is 0 Å². The van der Waals surface area contributed by atoms with Crippen LogP contribution in [0, 0.1) is 0 Å². The number of hydrogen-bond acceptors (Lipinski definition) is 17. The lowest BCUT2D eigenvalue weighted by Gasteiger charge is -2.48. The van der Waals surface area contributed by atoms with E-state index in [0.717, 1.165) is 13.8 Å². The number of carbonyl (C=O) groups excluding carboxylic acids is 2. The molecule has 10 N–H and O–H groups in total. The van der Waals surface area contributed by atoms with Crippen molar-refractivity contribution in [1.82, 2.24) is 10.6 Å². The summed E-state index contributed by atoms with van der Waals surface area (Å²) in [4.78, 5) is 24.0. The number of aliphatic hydroxyl groups excluding tert-OH is 8. The quantitative estimate of drug-likeness (QED) is 0.0682. The van der Waals surface area contributed by atoms with E-state index in [1.165, 1.54) is 26.2 Å². The highest BCUT2D eigenvalue weighted by atomic mass is 16.8. The van der Waals surface area contributed by atoms with Gasteiger partial charge in [0.1, 0.15) is 66.3 Å². The average Bonchev–Trinajstić information content (AvgIpc) is 3.07. The Morgan fingerprint density at radius 2 is 1.45 bits per heavy atom. The van der Waals surface area contributed by atoms with E-state index in [0.29, 0.717) is 5.75 Å². The molecule has 2 aliphatic rings. The SMILES string of the molecule is COc1ccc(O[C@H]2OC(CO)[C@@H](O[C@@H]3OC(CO)[C@@H](O)C(O)C3NC(C)=O)C(O)C2O[C@H](OC(CO)[C@H](C)O)[C@H](CO)NC(C)=O)cc1. The van der Waals surface area contributed by atoms with Gasteiger partial charge in [0, 0.05) is 13.8 Å². The summed E-state index contributed by atoms with van der Waals surface area (Å²) in [5.41, 5.74) is 0. The predicted molar refractivity (Wildman–Crippen MR) is 163 cm³/mol. The summed E-state index contributed by atoms with van der Waals surface area (Å²) in [5.74, 6) is -0.584. The number of amides is 2. The van der Waals surface area contributed by atoms with Crippen LogP contribution in [0.15, 0.2) is 24.3 Å². The second kappa shape index (κ2) is 19.0. The Bertz CT molecular complexity index is 1160. The molecule has 0 radical (unpaired) electrons. The zero-order valence-electron chi connectivity index (χ0n) is 27.5. The molecule has 0 saturated carbocycles. The fraction of sp³-hybridized carbons (Fsp3) is 0.733. The Morgan fingerprint density at radius 3 is 1.96 bits per heavy atom. The molecular formula is C30H48N2O17. The third kappa shape index (κ3) is 10.6. The van der Waals surface area contributed by atoms with Crippen LogP contribution in [0.4, 0.5) is 0 Å². The monoisotopic (exact) mass is 708 g/mol. The van der Waals surface area contributed by atoms with E-state index in [-0.39, 0.29) is 5.75 Å². The van der Waals surface area contributed by atoms with Crippen molar-refractivity contribution in [2.45, 2.75) is 107 Å². The molecule has 3 rings (SSSR count). The van der Waals surface area contributed by atoms with Crippen LogP contribution in [0.2, 0.25) is 0 Å². The van der Waals surface area contributed by atoms with Gasteiger partial charge < -0.3 is 84.6 Å². The molecular weight excluding hydrogens is 660 g/mol. The van der Waals surface area contributed by atoms with E-state index in [9.17, 15) is 50.4 Å². The van der Waals surface area contributed by atoms with Crippen molar-refractivity contribution in [3.8, 4) is 11.5 Å². The van der Waals surface area contributed by atoms with Crippen molar-refractivity contribution < 1.29 is 83.6 Å². The molecule has 2 fully saturated rings. The summed E-state index contributed by atoms with van der Waals surface area (Å²) in [6.45, 7) is 0.565. The van der Waals surface area contributed by atoms with Crippen LogP contribution >= 0.6 is 0 Å². The second-order valence-electron chi connectivity index (χ2n) is 11.6. The second-order valence-corrected chi connectivity index (χ2v) is 11.6. The molecule has 0 aliphatic carbocycles. The number of nitrogens with one attached hydrogen (secondary N) is 2. The lowest BCUT2D eigenvalue weighted by molar-refractivity contribution is -0.358. The van der Waals surface area contributed by atoms with Crippen molar-refractivity contribution in [3.05, 3.63) is 24.3 Å². The first kappa shape index (κ1) is 40.7. The predicted octanol–water partition coefficient (Wildman–Crippen LogP) is -4.55. The van der Waals surface area contributed by atoms with E-state index in [1.807, 2.05) is 0 Å². The number of aliphatic hydroxyl groups is 8. The van der Waals surface area contributed by atoms with Crippen LogP contribution in [0.25, 0.3) is 0 Å². The molecule has 0 aromatic heterocycles. The van der Waals surface area contributed by atoms with Crippen molar-refractivity contribution in [3.63, 3.8) is 0 Å². The number of carbonyl (C=O) groups is 2. The van der Waals surface area contributed by atoms with Gasteiger partial charge in [-0.05, 0) is 31.2 Å². The maximum Gasteiger partial charge on any atom is 0.229 e. The van der Waals surface area contributed by atoms with E-state index in [2.05, 4.69) is 10.6 Å². The Morgan fingerprint density at radius 1 is 0.837 bits per heavy atom. The van der Waals surface area contributed by atoms with Gasteiger partial charge in [-0.15, -0.1) is 0 Å². The third-order valence-corrected chi connectivity index (χ3v) is 7.88. The van der Waals surface area contributed by atoms with Gasteiger partial charge in [0.05, 0.1) is 39.6 Å². The summed E-state index contributed by atoms with van der Waals surface area (Å²) >= 11 is 0. The van der Waals surface area contributed by atoms with Crippen LogP contribution in [0.5, 0.6) is 11.5 Å². The van der Waals surface area contributed by atoms with Gasteiger partial charge in [0.25, 0.3) is 0 Å². The number of ether oxygens (including phenoxy) is 7. The van der Waals surface area contributed by atoms with Crippen molar-refractivity contribution >= 4 is 11.8 Å². The Hall–Kier alpha value is -2.76. The molecule has 0 spiro atoms.